The molecule has 0 bridgehead atoms. The summed E-state index contributed by atoms with van der Waals surface area (Å²) < 4.78 is 0. The third kappa shape index (κ3) is 8.50. The first kappa shape index (κ1) is 34.2. The zero-order chi connectivity index (χ0) is 29.9. The van der Waals surface area contributed by atoms with Crippen molar-refractivity contribution in [2.75, 3.05) is 18.0 Å². The van der Waals surface area contributed by atoms with Gasteiger partial charge in [-0.15, -0.1) is 23.6 Å². The Morgan fingerprint density at radius 1 is 0.950 bits per heavy atom. The first-order valence-electron chi connectivity index (χ1n) is 16.0. The number of anilines is 1. The molecule has 0 radical (unpaired) electrons. The van der Waals surface area contributed by atoms with E-state index >= 15 is 0 Å². The van der Waals surface area contributed by atoms with Crippen LogP contribution in [0.2, 0.25) is 0 Å². The van der Waals surface area contributed by atoms with Gasteiger partial charge in [0.2, 0.25) is 0 Å². The molecule has 1 nitrogen and oxygen atoms in total. The number of allylic oxidation sites excluding steroid dienone is 2. The summed E-state index contributed by atoms with van der Waals surface area (Å²) >= 11 is 1.95. The number of hydrogen-bond acceptors (Lipinski definition) is 2. The second-order valence-corrected chi connectivity index (χ2v) is 14.1. The number of hydrogen-bond donors (Lipinski definition) is 0. The topological polar surface area (TPSA) is 3.24 Å². The van der Waals surface area contributed by atoms with Crippen molar-refractivity contribution >= 4 is 21.9 Å². The van der Waals surface area contributed by atoms with E-state index in [0.717, 1.165) is 25.1 Å². The fourth-order valence-corrected chi connectivity index (χ4v) is 7.30. The van der Waals surface area contributed by atoms with Crippen molar-refractivity contribution in [1.29, 1.82) is 0 Å². The van der Waals surface area contributed by atoms with Gasteiger partial charge in [0.05, 0.1) is 5.00 Å². The fourth-order valence-electron chi connectivity index (χ4n) is 5.95. The normalized spacial score (nSPS) is 14.9. The van der Waals surface area contributed by atoms with Crippen LogP contribution < -0.4 is 4.90 Å². The van der Waals surface area contributed by atoms with Gasteiger partial charge >= 0.3 is 0 Å². The number of rotatable bonds is 13. The summed E-state index contributed by atoms with van der Waals surface area (Å²) in [6.45, 7) is 30.8. The van der Waals surface area contributed by atoms with Gasteiger partial charge in [-0.2, -0.15) is 0 Å². The highest BCUT2D eigenvalue weighted by molar-refractivity contribution is 7.18. The predicted octanol–water partition coefficient (Wildman–Crippen LogP) is 12.4. The van der Waals surface area contributed by atoms with Crippen molar-refractivity contribution < 1.29 is 0 Å². The van der Waals surface area contributed by atoms with Crippen LogP contribution in [0.5, 0.6) is 0 Å². The smallest absolute Gasteiger partial charge is 0.0951 e. The summed E-state index contributed by atoms with van der Waals surface area (Å²) in [5.41, 5.74) is 12.0. The lowest BCUT2D eigenvalue weighted by Crippen LogP contribution is -2.33. The molecule has 1 aliphatic carbocycles. The molecule has 222 valence electrons. The van der Waals surface area contributed by atoms with E-state index in [9.17, 15) is 0 Å². The SMILES string of the molecule is C=C=C(C)c1sc(N(CCC)CCCCCCCC=C)c(C)c1-c1ccc2c(c1)C(C)(C)CCC2(C)C.CCC. The quantitative estimate of drug-likeness (QED) is 0.133. The lowest BCUT2D eigenvalue weighted by molar-refractivity contribution is 0.332. The maximum absolute atomic E-state index is 4.02. The average molecular weight is 562 g/mol. The van der Waals surface area contributed by atoms with Gasteiger partial charge in [-0.1, -0.05) is 105 Å². The summed E-state index contributed by atoms with van der Waals surface area (Å²) in [6, 6.07) is 7.33. The molecule has 0 spiro atoms. The minimum Gasteiger partial charge on any atom is -0.363 e. The van der Waals surface area contributed by atoms with E-state index in [1.54, 1.807) is 0 Å². The van der Waals surface area contributed by atoms with Crippen molar-refractivity contribution in [2.24, 2.45) is 0 Å². The number of unbranched alkanes of at least 4 members (excludes halogenated alkanes) is 5. The number of thiophene rings is 1. The Kier molecular flexibility index (Phi) is 13.5. The van der Waals surface area contributed by atoms with Crippen LogP contribution in [0, 0.1) is 6.92 Å². The molecule has 0 N–H and O–H groups in total. The monoisotopic (exact) mass is 561 g/mol. The van der Waals surface area contributed by atoms with Crippen molar-refractivity contribution in [2.45, 2.75) is 137 Å². The van der Waals surface area contributed by atoms with Crippen LogP contribution in [-0.4, -0.2) is 13.1 Å². The molecule has 0 amide bonds. The van der Waals surface area contributed by atoms with Gasteiger partial charge in [0, 0.05) is 29.1 Å². The van der Waals surface area contributed by atoms with Crippen LogP contribution in [0.1, 0.15) is 141 Å². The summed E-state index contributed by atoms with van der Waals surface area (Å²) in [5, 5.41) is 1.44. The van der Waals surface area contributed by atoms with Crippen LogP contribution in [0.25, 0.3) is 16.7 Å². The lowest BCUT2D eigenvalue weighted by atomic mass is 9.63. The Hall–Kier alpha value is -2.02. The van der Waals surface area contributed by atoms with Crippen LogP contribution >= 0.6 is 11.3 Å². The average Bonchev–Trinajstić information content (AvgIpc) is 3.26. The molecule has 1 aromatic heterocycles. The standard InChI is InChI=1S/C35H51NS.C3H8/c1-10-13-14-15-16-17-18-24-36(23-11-2)33-27(5)31(32(37-33)26(4)12-3)28-19-20-29-30(25-28)35(8,9)22-21-34(29,6)7;1-3-2/h10,19-20,25H,1,3,11,13-18,21-24H2,2,4-9H3;3H2,1-2H3. The molecular formula is C38H59NS. The number of fused-ring (bicyclic) bond motifs is 1. The van der Waals surface area contributed by atoms with E-state index in [2.05, 4.69) is 104 Å². The van der Waals surface area contributed by atoms with Crippen LogP contribution in [0.15, 0.2) is 43.2 Å². The number of benzene rings is 1. The lowest BCUT2D eigenvalue weighted by Gasteiger charge is -2.42. The predicted molar refractivity (Wildman–Crippen MR) is 184 cm³/mol. The minimum absolute atomic E-state index is 0.205. The van der Waals surface area contributed by atoms with Gasteiger partial charge in [0.15, 0.2) is 0 Å². The van der Waals surface area contributed by atoms with Gasteiger partial charge in [-0.3, -0.25) is 0 Å². The van der Waals surface area contributed by atoms with Gasteiger partial charge in [0.25, 0.3) is 0 Å². The van der Waals surface area contributed by atoms with Gasteiger partial charge in [0.1, 0.15) is 0 Å². The molecule has 1 aromatic carbocycles. The summed E-state index contributed by atoms with van der Waals surface area (Å²) in [5.74, 6) is 0. The molecule has 3 rings (SSSR count). The van der Waals surface area contributed by atoms with E-state index in [4.69, 9.17) is 0 Å². The van der Waals surface area contributed by atoms with Gasteiger partial charge in [-0.25, -0.2) is 0 Å². The molecular weight excluding hydrogens is 502 g/mol. The molecule has 0 saturated heterocycles. The third-order valence-corrected chi connectivity index (χ3v) is 9.96. The fraction of sp³-hybridized carbons (Fsp3) is 0.605. The summed E-state index contributed by atoms with van der Waals surface area (Å²) in [4.78, 5) is 3.99. The van der Waals surface area contributed by atoms with Crippen molar-refractivity contribution in [3.8, 4) is 11.1 Å². The molecule has 0 unspecified atom stereocenters. The van der Waals surface area contributed by atoms with E-state index in [0.29, 0.717) is 0 Å². The highest BCUT2D eigenvalue weighted by atomic mass is 32.1. The van der Waals surface area contributed by atoms with Crippen LogP contribution in [-0.2, 0) is 10.8 Å². The largest absolute Gasteiger partial charge is 0.363 e. The molecule has 0 atom stereocenters. The van der Waals surface area contributed by atoms with Gasteiger partial charge in [-0.05, 0) is 85.5 Å². The second-order valence-electron chi connectivity index (χ2n) is 13.1. The van der Waals surface area contributed by atoms with Crippen molar-refractivity contribution in [3.63, 3.8) is 0 Å². The van der Waals surface area contributed by atoms with Crippen molar-refractivity contribution in [1.82, 2.24) is 0 Å². The van der Waals surface area contributed by atoms with E-state index in [1.165, 1.54) is 95.5 Å². The number of nitrogens with zero attached hydrogens (tertiary/aromatic N) is 1. The Morgan fingerprint density at radius 2 is 1.55 bits per heavy atom. The zero-order valence-corrected chi connectivity index (χ0v) is 28.4. The molecule has 2 aromatic rings. The highest BCUT2D eigenvalue weighted by Crippen LogP contribution is 2.49. The minimum atomic E-state index is 0.205. The molecule has 1 heterocycles. The maximum atomic E-state index is 4.02. The molecule has 40 heavy (non-hydrogen) atoms. The van der Waals surface area contributed by atoms with Crippen LogP contribution in [0.3, 0.4) is 0 Å². The van der Waals surface area contributed by atoms with Gasteiger partial charge < -0.3 is 4.90 Å². The second kappa shape index (κ2) is 15.8. The Morgan fingerprint density at radius 3 is 2.15 bits per heavy atom. The highest BCUT2D eigenvalue weighted by Gasteiger charge is 2.37. The Balaban J connectivity index is 0.00000178. The molecule has 0 fully saturated rings. The summed E-state index contributed by atoms with van der Waals surface area (Å²) in [6.07, 6.45) is 14.6. The molecule has 0 aliphatic heterocycles. The molecule has 1 aliphatic rings. The first-order chi connectivity index (χ1) is 19.0. The van der Waals surface area contributed by atoms with E-state index in [-0.39, 0.29) is 10.8 Å². The van der Waals surface area contributed by atoms with E-state index < -0.39 is 0 Å². The first-order valence-corrected chi connectivity index (χ1v) is 16.8. The maximum Gasteiger partial charge on any atom is 0.0951 e. The molecule has 2 heteroatoms. The summed E-state index contributed by atoms with van der Waals surface area (Å²) in [7, 11) is 0. The van der Waals surface area contributed by atoms with E-state index in [1.807, 2.05) is 17.4 Å². The van der Waals surface area contributed by atoms with Crippen LogP contribution in [0.4, 0.5) is 5.00 Å². The zero-order valence-electron chi connectivity index (χ0n) is 27.6. The Labute approximate surface area is 252 Å². The van der Waals surface area contributed by atoms with Crippen molar-refractivity contribution in [3.05, 3.63) is 64.7 Å². The third-order valence-electron chi connectivity index (χ3n) is 8.49. The Bertz CT molecular complexity index is 1140. The molecule has 0 saturated carbocycles.